The van der Waals surface area contributed by atoms with E-state index in [0.717, 1.165) is 57.9 Å². The molecule has 1 aromatic rings. The molecular formula is C23H34ClFIN3O2. The molecule has 3 unspecified atom stereocenters. The second-order valence-electron chi connectivity index (χ2n) is 8.53. The summed E-state index contributed by atoms with van der Waals surface area (Å²) >= 11 is 6.25. The molecule has 8 heteroatoms. The Hall–Kier alpha value is -0.640. The SMILES string of the molecule is CCN=C(NC1CC1c1c(F)cccc1Cl)N1CCC(OCC2CCCCO2)CC1.I. The van der Waals surface area contributed by atoms with Gasteiger partial charge in [0, 0.05) is 48.8 Å². The Morgan fingerprint density at radius 2 is 2.10 bits per heavy atom. The second-order valence-corrected chi connectivity index (χ2v) is 8.94. The van der Waals surface area contributed by atoms with Crippen molar-refractivity contribution in [2.24, 2.45) is 4.99 Å². The zero-order valence-electron chi connectivity index (χ0n) is 18.2. The van der Waals surface area contributed by atoms with Crippen LogP contribution in [-0.2, 0) is 9.47 Å². The zero-order valence-corrected chi connectivity index (χ0v) is 21.3. The fourth-order valence-corrected chi connectivity index (χ4v) is 4.81. The highest BCUT2D eigenvalue weighted by molar-refractivity contribution is 14.0. The number of hydrogen-bond donors (Lipinski definition) is 1. The lowest BCUT2D eigenvalue weighted by Gasteiger charge is -2.35. The minimum Gasteiger partial charge on any atom is -0.376 e. The molecule has 3 fully saturated rings. The molecule has 0 amide bonds. The van der Waals surface area contributed by atoms with E-state index in [9.17, 15) is 4.39 Å². The van der Waals surface area contributed by atoms with Crippen LogP contribution in [0.1, 0.15) is 56.9 Å². The molecule has 5 nitrogen and oxygen atoms in total. The molecule has 2 aliphatic heterocycles. The van der Waals surface area contributed by atoms with Crippen LogP contribution in [0.15, 0.2) is 23.2 Å². The Morgan fingerprint density at radius 1 is 1.29 bits per heavy atom. The molecule has 3 atom stereocenters. The van der Waals surface area contributed by atoms with E-state index >= 15 is 0 Å². The van der Waals surface area contributed by atoms with Gasteiger partial charge in [0.05, 0.1) is 18.8 Å². The Balaban J connectivity index is 0.00000272. The Bertz CT molecular complexity index is 719. The maximum atomic E-state index is 14.2. The number of nitrogens with one attached hydrogen (secondary N) is 1. The van der Waals surface area contributed by atoms with Gasteiger partial charge in [0.25, 0.3) is 0 Å². The van der Waals surface area contributed by atoms with Crippen LogP contribution >= 0.6 is 35.6 Å². The molecule has 0 aromatic heterocycles. The molecule has 4 rings (SSSR count). The first-order valence-electron chi connectivity index (χ1n) is 11.4. The summed E-state index contributed by atoms with van der Waals surface area (Å²) < 4.78 is 26.1. The van der Waals surface area contributed by atoms with Gasteiger partial charge in [-0.3, -0.25) is 4.99 Å². The standard InChI is InChI=1S/C23H33ClFN3O2.HI/c1-2-26-23(27-21-14-18(21)22-19(24)7-5-8-20(22)25)28-11-9-16(10-12-28)30-15-17-6-3-4-13-29-17;/h5,7-8,16-18,21H,2-4,6,9-15H2,1H3,(H,26,27);1H. The summed E-state index contributed by atoms with van der Waals surface area (Å²) in [5, 5.41) is 4.07. The molecule has 1 saturated carbocycles. The van der Waals surface area contributed by atoms with Crippen molar-refractivity contribution in [1.82, 2.24) is 10.2 Å². The lowest BCUT2D eigenvalue weighted by Crippen LogP contribution is -2.48. The van der Waals surface area contributed by atoms with Gasteiger partial charge in [-0.1, -0.05) is 17.7 Å². The third-order valence-corrected chi connectivity index (χ3v) is 6.65. The Kier molecular flexibility index (Phi) is 9.67. The smallest absolute Gasteiger partial charge is 0.194 e. The molecule has 1 aromatic carbocycles. The molecule has 2 saturated heterocycles. The number of halogens is 3. The molecule has 0 bridgehead atoms. The normalized spacial score (nSPS) is 27.0. The summed E-state index contributed by atoms with van der Waals surface area (Å²) in [6, 6.07) is 5.09. The van der Waals surface area contributed by atoms with Gasteiger partial charge in [0.15, 0.2) is 5.96 Å². The summed E-state index contributed by atoms with van der Waals surface area (Å²) in [5.41, 5.74) is 0.629. The van der Waals surface area contributed by atoms with Crippen LogP contribution in [0.4, 0.5) is 4.39 Å². The van der Waals surface area contributed by atoms with Crippen molar-refractivity contribution < 1.29 is 13.9 Å². The molecule has 1 aliphatic carbocycles. The summed E-state index contributed by atoms with van der Waals surface area (Å²) in [7, 11) is 0. The fraction of sp³-hybridized carbons (Fsp3) is 0.696. The summed E-state index contributed by atoms with van der Waals surface area (Å²) in [6.45, 7) is 6.18. The number of benzene rings is 1. The molecule has 3 aliphatic rings. The second kappa shape index (κ2) is 12.0. The topological polar surface area (TPSA) is 46.1 Å². The van der Waals surface area contributed by atoms with Gasteiger partial charge in [-0.2, -0.15) is 0 Å². The monoisotopic (exact) mass is 565 g/mol. The predicted molar refractivity (Wildman–Crippen MR) is 133 cm³/mol. The number of rotatable bonds is 6. The van der Waals surface area contributed by atoms with Crippen LogP contribution in [0.2, 0.25) is 5.02 Å². The number of hydrogen-bond acceptors (Lipinski definition) is 3. The van der Waals surface area contributed by atoms with E-state index in [2.05, 4.69) is 15.2 Å². The van der Waals surface area contributed by atoms with Crippen LogP contribution in [0.5, 0.6) is 0 Å². The highest BCUT2D eigenvalue weighted by atomic mass is 127. The van der Waals surface area contributed by atoms with Crippen LogP contribution < -0.4 is 5.32 Å². The number of piperidine rings is 1. The maximum Gasteiger partial charge on any atom is 0.194 e. The van der Waals surface area contributed by atoms with Gasteiger partial charge in [-0.25, -0.2) is 4.39 Å². The highest BCUT2D eigenvalue weighted by Crippen LogP contribution is 2.45. The van der Waals surface area contributed by atoms with Crippen LogP contribution in [0.25, 0.3) is 0 Å². The third kappa shape index (κ3) is 6.68. The molecule has 2 heterocycles. The average molecular weight is 566 g/mol. The lowest BCUT2D eigenvalue weighted by atomic mass is 10.1. The Labute approximate surface area is 207 Å². The number of likely N-dealkylation sites (tertiary alicyclic amines) is 1. The summed E-state index contributed by atoms with van der Waals surface area (Å²) in [5.74, 6) is 0.814. The summed E-state index contributed by atoms with van der Waals surface area (Å²) in [4.78, 5) is 6.99. The Morgan fingerprint density at radius 3 is 2.77 bits per heavy atom. The minimum absolute atomic E-state index is 0. The van der Waals surface area contributed by atoms with Crippen molar-refractivity contribution in [1.29, 1.82) is 0 Å². The van der Waals surface area contributed by atoms with E-state index in [0.29, 0.717) is 23.3 Å². The van der Waals surface area contributed by atoms with E-state index in [1.165, 1.54) is 18.9 Å². The van der Waals surface area contributed by atoms with Gasteiger partial charge in [-0.05, 0) is 57.6 Å². The fourth-order valence-electron chi connectivity index (χ4n) is 4.51. The van der Waals surface area contributed by atoms with Crippen LogP contribution in [0, 0.1) is 5.82 Å². The number of guanidine groups is 1. The molecule has 174 valence electrons. The van der Waals surface area contributed by atoms with Crippen molar-refractivity contribution >= 4 is 41.5 Å². The first-order valence-corrected chi connectivity index (χ1v) is 11.8. The molecule has 1 N–H and O–H groups in total. The van der Waals surface area contributed by atoms with Crippen LogP contribution in [0.3, 0.4) is 0 Å². The quantitative estimate of drug-likeness (QED) is 0.301. The van der Waals surface area contributed by atoms with Gasteiger partial charge in [0.1, 0.15) is 5.82 Å². The molecule has 0 radical (unpaired) electrons. The van der Waals surface area contributed by atoms with Crippen molar-refractivity contribution in [3.63, 3.8) is 0 Å². The maximum absolute atomic E-state index is 14.2. The summed E-state index contributed by atoms with van der Waals surface area (Å²) in [6.07, 6.45) is 6.96. The van der Waals surface area contributed by atoms with Crippen molar-refractivity contribution in [3.05, 3.63) is 34.6 Å². The van der Waals surface area contributed by atoms with Gasteiger partial charge in [0.2, 0.25) is 0 Å². The van der Waals surface area contributed by atoms with E-state index in [1.54, 1.807) is 12.1 Å². The van der Waals surface area contributed by atoms with Gasteiger partial charge < -0.3 is 19.7 Å². The van der Waals surface area contributed by atoms with E-state index in [1.807, 2.05) is 6.92 Å². The van der Waals surface area contributed by atoms with Crippen LogP contribution in [-0.4, -0.2) is 62.0 Å². The van der Waals surface area contributed by atoms with Gasteiger partial charge >= 0.3 is 0 Å². The van der Waals surface area contributed by atoms with E-state index in [4.69, 9.17) is 21.1 Å². The van der Waals surface area contributed by atoms with Crippen molar-refractivity contribution in [2.45, 2.75) is 69.6 Å². The number of ether oxygens (including phenoxy) is 2. The lowest BCUT2D eigenvalue weighted by molar-refractivity contribution is -0.0721. The largest absolute Gasteiger partial charge is 0.376 e. The zero-order chi connectivity index (χ0) is 20.9. The first kappa shape index (κ1) is 25.0. The van der Waals surface area contributed by atoms with Crippen molar-refractivity contribution in [3.8, 4) is 0 Å². The highest BCUT2D eigenvalue weighted by Gasteiger charge is 2.42. The molecule has 0 spiro atoms. The number of nitrogens with zero attached hydrogens (tertiary/aromatic N) is 2. The van der Waals surface area contributed by atoms with Crippen molar-refractivity contribution in [2.75, 3.05) is 32.8 Å². The minimum atomic E-state index is -0.217. The predicted octanol–water partition coefficient (Wildman–Crippen LogP) is 4.97. The number of aliphatic imine (C=N–C) groups is 1. The molecule has 31 heavy (non-hydrogen) atoms. The van der Waals surface area contributed by atoms with Gasteiger partial charge in [-0.15, -0.1) is 24.0 Å². The average Bonchev–Trinajstić information content (AvgIpc) is 3.51. The third-order valence-electron chi connectivity index (χ3n) is 6.32. The van der Waals surface area contributed by atoms with E-state index < -0.39 is 0 Å². The van der Waals surface area contributed by atoms with E-state index in [-0.39, 0.29) is 47.9 Å². The molecular weight excluding hydrogens is 532 g/mol. The first-order chi connectivity index (χ1) is 14.7.